The van der Waals surface area contributed by atoms with Gasteiger partial charge in [-0.15, -0.1) is 0 Å². The highest BCUT2D eigenvalue weighted by Crippen LogP contribution is 2.26. The first-order chi connectivity index (χ1) is 7.91. The molecule has 0 amide bonds. The summed E-state index contributed by atoms with van der Waals surface area (Å²) in [6, 6.07) is 3.69. The van der Waals surface area contributed by atoms with E-state index in [0.29, 0.717) is 11.4 Å². The number of anilines is 1. The zero-order chi connectivity index (χ0) is 13.6. The van der Waals surface area contributed by atoms with E-state index >= 15 is 0 Å². The molecule has 96 valence electrons. The number of aryl methyl sites for hydroxylation is 1. The minimum absolute atomic E-state index is 0.131. The molecule has 0 fully saturated rings. The van der Waals surface area contributed by atoms with E-state index in [-0.39, 0.29) is 6.10 Å². The van der Waals surface area contributed by atoms with E-state index in [4.69, 9.17) is 15.9 Å². The Kier molecular flexibility index (Phi) is 6.33. The highest BCUT2D eigenvalue weighted by atomic mass is 16.5. The molecular weight excluding hydrogens is 212 g/mol. The second-order valence-electron chi connectivity index (χ2n) is 4.00. The van der Waals surface area contributed by atoms with Crippen LogP contribution in [0.3, 0.4) is 0 Å². The van der Waals surface area contributed by atoms with Crippen molar-refractivity contribution in [1.29, 1.82) is 5.41 Å². The molecule has 0 bridgehead atoms. The molecule has 3 N–H and O–H groups in total. The topological polar surface area (TPSA) is 59.1 Å². The summed E-state index contributed by atoms with van der Waals surface area (Å²) in [5.74, 6) is 0.806. The number of nitrogens with one attached hydrogen (secondary N) is 1. The van der Waals surface area contributed by atoms with Crippen LogP contribution in [0.25, 0.3) is 0 Å². The van der Waals surface area contributed by atoms with Crippen LogP contribution in [0, 0.1) is 12.3 Å². The lowest BCUT2D eigenvalue weighted by Gasteiger charge is -2.15. The van der Waals surface area contributed by atoms with Crippen LogP contribution < -0.4 is 10.5 Å². The highest BCUT2D eigenvalue weighted by Gasteiger charge is 2.08. The summed E-state index contributed by atoms with van der Waals surface area (Å²) in [6.07, 6.45) is 0.131. The van der Waals surface area contributed by atoms with Crippen LogP contribution in [0.5, 0.6) is 5.75 Å². The number of nitrogen functional groups attached to an aromatic ring is 1. The first kappa shape index (κ1) is 15.5. The molecule has 0 aromatic heterocycles. The first-order valence-electron chi connectivity index (χ1n) is 6.04. The molecule has 0 aliphatic heterocycles. The number of hydrogen-bond donors (Lipinski definition) is 2. The minimum atomic E-state index is 0.131. The lowest BCUT2D eigenvalue weighted by Crippen LogP contribution is -2.09. The maximum Gasteiger partial charge on any atom is 0.123 e. The average Bonchev–Trinajstić information content (AvgIpc) is 2.24. The van der Waals surface area contributed by atoms with Crippen molar-refractivity contribution in [2.45, 2.75) is 47.6 Å². The largest absolute Gasteiger partial charge is 0.491 e. The normalized spacial score (nSPS) is 9.59. The molecule has 0 spiro atoms. The lowest BCUT2D eigenvalue weighted by atomic mass is 10.1. The van der Waals surface area contributed by atoms with Crippen LogP contribution >= 0.6 is 0 Å². The molecule has 1 rings (SSSR count). The van der Waals surface area contributed by atoms with E-state index < -0.39 is 0 Å². The van der Waals surface area contributed by atoms with Gasteiger partial charge in [0.1, 0.15) is 5.75 Å². The summed E-state index contributed by atoms with van der Waals surface area (Å²) in [6.45, 7) is 11.6. The molecule has 0 aliphatic rings. The van der Waals surface area contributed by atoms with Gasteiger partial charge in [0, 0.05) is 17.0 Å². The predicted molar refractivity (Wildman–Crippen MR) is 75.2 cm³/mol. The summed E-state index contributed by atoms with van der Waals surface area (Å²) in [5, 5.41) is 7.59. The standard InChI is InChI=1S/C12H18N2O.C2H6/c1-7(2)15-12-6-10(9(4)13)11(14)5-8(12)3;1-2/h5-7,13H,14H2,1-4H3;1-2H3. The molecule has 0 aliphatic carbocycles. The van der Waals surface area contributed by atoms with Gasteiger partial charge in [-0.05, 0) is 45.4 Å². The summed E-state index contributed by atoms with van der Waals surface area (Å²) in [5.41, 5.74) is 8.67. The molecule has 0 saturated carbocycles. The molecule has 0 unspecified atom stereocenters. The van der Waals surface area contributed by atoms with Crippen molar-refractivity contribution in [3.63, 3.8) is 0 Å². The summed E-state index contributed by atoms with van der Waals surface area (Å²) >= 11 is 0. The van der Waals surface area contributed by atoms with Crippen molar-refractivity contribution in [3.8, 4) is 5.75 Å². The van der Waals surface area contributed by atoms with Gasteiger partial charge in [-0.2, -0.15) is 0 Å². The molecule has 1 aromatic rings. The Morgan fingerprint density at radius 2 is 1.82 bits per heavy atom. The fraction of sp³-hybridized carbons (Fsp3) is 0.500. The van der Waals surface area contributed by atoms with Gasteiger partial charge in [0.25, 0.3) is 0 Å². The van der Waals surface area contributed by atoms with E-state index in [1.165, 1.54) is 0 Å². The van der Waals surface area contributed by atoms with E-state index in [0.717, 1.165) is 16.9 Å². The Morgan fingerprint density at radius 1 is 1.29 bits per heavy atom. The van der Waals surface area contributed by atoms with Crippen LogP contribution in [0.4, 0.5) is 5.69 Å². The van der Waals surface area contributed by atoms with Gasteiger partial charge in [-0.25, -0.2) is 0 Å². The monoisotopic (exact) mass is 236 g/mol. The molecular formula is C14H24N2O. The summed E-state index contributed by atoms with van der Waals surface area (Å²) in [4.78, 5) is 0. The molecule has 0 saturated heterocycles. The van der Waals surface area contributed by atoms with Crippen molar-refractivity contribution in [2.75, 3.05) is 5.73 Å². The Hall–Kier alpha value is -1.51. The maximum absolute atomic E-state index is 7.59. The Morgan fingerprint density at radius 3 is 2.24 bits per heavy atom. The second-order valence-corrected chi connectivity index (χ2v) is 4.00. The molecule has 0 atom stereocenters. The van der Waals surface area contributed by atoms with Crippen molar-refractivity contribution >= 4 is 11.4 Å². The third kappa shape index (κ3) is 4.47. The van der Waals surface area contributed by atoms with E-state index in [1.54, 1.807) is 6.92 Å². The molecule has 17 heavy (non-hydrogen) atoms. The predicted octanol–water partition coefficient (Wildman–Crippen LogP) is 3.78. The van der Waals surface area contributed by atoms with Gasteiger partial charge in [0.15, 0.2) is 0 Å². The van der Waals surface area contributed by atoms with E-state index in [1.807, 2.05) is 46.8 Å². The third-order valence-corrected chi connectivity index (χ3v) is 2.11. The van der Waals surface area contributed by atoms with Crippen LogP contribution in [-0.4, -0.2) is 11.8 Å². The minimum Gasteiger partial charge on any atom is -0.491 e. The highest BCUT2D eigenvalue weighted by molar-refractivity contribution is 6.01. The molecule has 3 heteroatoms. The van der Waals surface area contributed by atoms with Crippen LogP contribution in [0.1, 0.15) is 45.7 Å². The zero-order valence-corrected chi connectivity index (χ0v) is 11.7. The average molecular weight is 236 g/mol. The van der Waals surface area contributed by atoms with Crippen LogP contribution in [0.2, 0.25) is 0 Å². The number of rotatable bonds is 3. The van der Waals surface area contributed by atoms with Gasteiger partial charge in [0.2, 0.25) is 0 Å². The van der Waals surface area contributed by atoms with E-state index in [9.17, 15) is 0 Å². The number of benzene rings is 1. The van der Waals surface area contributed by atoms with Gasteiger partial charge >= 0.3 is 0 Å². The zero-order valence-electron chi connectivity index (χ0n) is 11.7. The Balaban J connectivity index is 0.00000121. The Labute approximate surface area is 104 Å². The smallest absolute Gasteiger partial charge is 0.123 e. The van der Waals surface area contributed by atoms with Gasteiger partial charge < -0.3 is 15.9 Å². The quantitative estimate of drug-likeness (QED) is 0.620. The molecule has 3 nitrogen and oxygen atoms in total. The SMILES string of the molecule is CC.CC(=N)c1cc(OC(C)C)c(C)cc1N. The van der Waals surface area contributed by atoms with Crippen LogP contribution in [-0.2, 0) is 0 Å². The van der Waals surface area contributed by atoms with Crippen molar-refractivity contribution in [2.24, 2.45) is 0 Å². The Bertz CT molecular complexity index is 384. The lowest BCUT2D eigenvalue weighted by molar-refractivity contribution is 0.241. The molecule has 0 heterocycles. The molecule has 0 radical (unpaired) electrons. The van der Waals surface area contributed by atoms with Crippen molar-refractivity contribution in [1.82, 2.24) is 0 Å². The number of hydrogen-bond acceptors (Lipinski definition) is 3. The van der Waals surface area contributed by atoms with Gasteiger partial charge in [-0.1, -0.05) is 13.8 Å². The van der Waals surface area contributed by atoms with E-state index in [2.05, 4.69) is 0 Å². The van der Waals surface area contributed by atoms with Gasteiger partial charge in [-0.3, -0.25) is 0 Å². The fourth-order valence-electron chi connectivity index (χ4n) is 1.42. The fourth-order valence-corrected chi connectivity index (χ4v) is 1.42. The number of nitrogens with two attached hydrogens (primary N) is 1. The first-order valence-corrected chi connectivity index (χ1v) is 6.04. The third-order valence-electron chi connectivity index (χ3n) is 2.11. The molecule has 1 aromatic carbocycles. The summed E-state index contributed by atoms with van der Waals surface area (Å²) in [7, 11) is 0. The van der Waals surface area contributed by atoms with Crippen molar-refractivity contribution < 1.29 is 4.74 Å². The van der Waals surface area contributed by atoms with Gasteiger partial charge in [0.05, 0.1) is 6.10 Å². The van der Waals surface area contributed by atoms with Crippen molar-refractivity contribution in [3.05, 3.63) is 23.3 Å². The number of ether oxygens (including phenoxy) is 1. The van der Waals surface area contributed by atoms with Crippen LogP contribution in [0.15, 0.2) is 12.1 Å². The summed E-state index contributed by atoms with van der Waals surface area (Å²) < 4.78 is 5.64. The maximum atomic E-state index is 7.59. The second kappa shape index (κ2) is 6.94.